The van der Waals surface area contributed by atoms with Crippen LogP contribution in [0.2, 0.25) is 0 Å². The molecule has 1 heterocycles. The molecule has 0 saturated carbocycles. The van der Waals surface area contributed by atoms with Gasteiger partial charge in [-0.1, -0.05) is 30.3 Å². The highest BCUT2D eigenvalue weighted by Crippen LogP contribution is 2.02. The predicted octanol–water partition coefficient (Wildman–Crippen LogP) is 1.13. The average Bonchev–Trinajstić information content (AvgIpc) is 2.31. The standard InChI is InChI=1S/C13H17NO2/c15-13(10-12-4-2-1-3-5-12)11-14-6-8-16-9-7-14/h1-5H,6-11H2. The van der Waals surface area contributed by atoms with Crippen LogP contribution in [-0.2, 0) is 16.0 Å². The van der Waals surface area contributed by atoms with Crippen molar-refractivity contribution in [3.63, 3.8) is 0 Å². The van der Waals surface area contributed by atoms with Gasteiger partial charge in [0.1, 0.15) is 0 Å². The summed E-state index contributed by atoms with van der Waals surface area (Å²) >= 11 is 0. The second-order valence-corrected chi connectivity index (χ2v) is 4.09. The van der Waals surface area contributed by atoms with Crippen LogP contribution in [0.1, 0.15) is 5.56 Å². The van der Waals surface area contributed by atoms with Crippen LogP contribution in [0, 0.1) is 0 Å². The fourth-order valence-corrected chi connectivity index (χ4v) is 1.89. The Labute approximate surface area is 96.0 Å². The van der Waals surface area contributed by atoms with Crippen LogP contribution in [0.4, 0.5) is 0 Å². The van der Waals surface area contributed by atoms with E-state index in [2.05, 4.69) is 4.90 Å². The van der Waals surface area contributed by atoms with Crippen LogP contribution in [0.5, 0.6) is 0 Å². The number of benzene rings is 1. The predicted molar refractivity (Wildman–Crippen MR) is 62.4 cm³/mol. The van der Waals surface area contributed by atoms with Gasteiger partial charge in [0, 0.05) is 19.5 Å². The van der Waals surface area contributed by atoms with Crippen LogP contribution in [0.25, 0.3) is 0 Å². The number of hydrogen-bond donors (Lipinski definition) is 0. The van der Waals surface area contributed by atoms with Crippen molar-refractivity contribution < 1.29 is 9.53 Å². The zero-order chi connectivity index (χ0) is 11.2. The first-order valence-corrected chi connectivity index (χ1v) is 5.70. The third kappa shape index (κ3) is 3.43. The molecule has 0 aromatic heterocycles. The lowest BCUT2D eigenvalue weighted by molar-refractivity contribution is -0.120. The molecule has 1 aliphatic heterocycles. The Bertz CT molecular complexity index is 331. The van der Waals surface area contributed by atoms with Crippen LogP contribution in [0.15, 0.2) is 30.3 Å². The lowest BCUT2D eigenvalue weighted by Gasteiger charge is -2.25. The summed E-state index contributed by atoms with van der Waals surface area (Å²) in [6.45, 7) is 3.80. The summed E-state index contributed by atoms with van der Waals surface area (Å²) in [5, 5.41) is 0. The van der Waals surface area contributed by atoms with Crippen molar-refractivity contribution in [3.05, 3.63) is 35.9 Å². The first-order valence-electron chi connectivity index (χ1n) is 5.70. The molecule has 1 fully saturated rings. The van der Waals surface area contributed by atoms with Gasteiger partial charge >= 0.3 is 0 Å². The Hall–Kier alpha value is -1.19. The molecule has 1 aromatic rings. The highest BCUT2D eigenvalue weighted by Gasteiger charge is 2.13. The third-order valence-corrected chi connectivity index (χ3v) is 2.75. The molecule has 0 unspecified atom stereocenters. The minimum atomic E-state index is 0.285. The summed E-state index contributed by atoms with van der Waals surface area (Å²) in [6, 6.07) is 9.90. The van der Waals surface area contributed by atoms with Crippen molar-refractivity contribution in [1.82, 2.24) is 4.90 Å². The second-order valence-electron chi connectivity index (χ2n) is 4.09. The van der Waals surface area contributed by atoms with E-state index < -0.39 is 0 Å². The van der Waals surface area contributed by atoms with E-state index in [0.29, 0.717) is 13.0 Å². The van der Waals surface area contributed by atoms with Crippen LogP contribution in [0.3, 0.4) is 0 Å². The molecule has 1 aliphatic rings. The van der Waals surface area contributed by atoms with Crippen molar-refractivity contribution in [2.75, 3.05) is 32.8 Å². The maximum atomic E-state index is 11.8. The van der Waals surface area contributed by atoms with E-state index in [-0.39, 0.29) is 5.78 Å². The van der Waals surface area contributed by atoms with Gasteiger partial charge in [-0.2, -0.15) is 0 Å². The van der Waals surface area contributed by atoms with Crippen molar-refractivity contribution in [1.29, 1.82) is 0 Å². The molecule has 0 radical (unpaired) electrons. The molecule has 3 nitrogen and oxygen atoms in total. The number of ketones is 1. The molecule has 0 N–H and O–H groups in total. The molecule has 1 saturated heterocycles. The van der Waals surface area contributed by atoms with Gasteiger partial charge in [0.15, 0.2) is 5.78 Å². The topological polar surface area (TPSA) is 29.5 Å². The summed E-state index contributed by atoms with van der Waals surface area (Å²) < 4.78 is 5.25. The van der Waals surface area contributed by atoms with Crippen LogP contribution in [-0.4, -0.2) is 43.5 Å². The molecular weight excluding hydrogens is 202 g/mol. The minimum Gasteiger partial charge on any atom is -0.379 e. The van der Waals surface area contributed by atoms with Crippen molar-refractivity contribution >= 4 is 5.78 Å². The molecule has 0 atom stereocenters. The molecule has 1 aromatic carbocycles. The summed E-state index contributed by atoms with van der Waals surface area (Å²) in [5.41, 5.74) is 1.10. The molecule has 86 valence electrons. The number of rotatable bonds is 4. The first kappa shape index (κ1) is 11.3. The van der Waals surface area contributed by atoms with Gasteiger partial charge in [-0.15, -0.1) is 0 Å². The number of ether oxygens (including phenoxy) is 1. The van der Waals surface area contributed by atoms with Gasteiger partial charge in [0.25, 0.3) is 0 Å². The fourth-order valence-electron chi connectivity index (χ4n) is 1.89. The number of hydrogen-bond acceptors (Lipinski definition) is 3. The van der Waals surface area contributed by atoms with Gasteiger partial charge in [-0.3, -0.25) is 9.69 Å². The number of nitrogens with zero attached hydrogens (tertiary/aromatic N) is 1. The molecule has 16 heavy (non-hydrogen) atoms. The maximum Gasteiger partial charge on any atom is 0.151 e. The van der Waals surface area contributed by atoms with E-state index in [1.54, 1.807) is 0 Å². The fraction of sp³-hybridized carbons (Fsp3) is 0.462. The van der Waals surface area contributed by atoms with Gasteiger partial charge in [-0.25, -0.2) is 0 Å². The lowest BCUT2D eigenvalue weighted by Crippen LogP contribution is -2.39. The van der Waals surface area contributed by atoms with Crippen molar-refractivity contribution in [2.45, 2.75) is 6.42 Å². The minimum absolute atomic E-state index is 0.285. The van der Waals surface area contributed by atoms with Crippen LogP contribution >= 0.6 is 0 Å². The van der Waals surface area contributed by atoms with E-state index in [4.69, 9.17) is 4.74 Å². The Morgan fingerprint density at radius 2 is 1.88 bits per heavy atom. The third-order valence-electron chi connectivity index (χ3n) is 2.75. The number of carbonyl (C=O) groups excluding carboxylic acids is 1. The summed E-state index contributed by atoms with van der Waals surface area (Å²) in [4.78, 5) is 14.0. The molecule has 0 amide bonds. The molecule has 0 bridgehead atoms. The van der Waals surface area contributed by atoms with Crippen molar-refractivity contribution in [2.24, 2.45) is 0 Å². The zero-order valence-corrected chi connectivity index (χ0v) is 9.39. The van der Waals surface area contributed by atoms with Gasteiger partial charge < -0.3 is 4.74 Å². The Balaban J connectivity index is 1.80. The number of Topliss-reactive ketones (excluding diaryl/α,β-unsaturated/α-hetero) is 1. The normalized spacial score (nSPS) is 17.2. The molecule has 2 rings (SSSR count). The Morgan fingerprint density at radius 3 is 2.56 bits per heavy atom. The Morgan fingerprint density at radius 1 is 1.19 bits per heavy atom. The van der Waals surface area contributed by atoms with E-state index in [9.17, 15) is 4.79 Å². The smallest absolute Gasteiger partial charge is 0.151 e. The zero-order valence-electron chi connectivity index (χ0n) is 9.39. The van der Waals surface area contributed by atoms with Crippen molar-refractivity contribution in [3.8, 4) is 0 Å². The summed E-state index contributed by atoms with van der Waals surface area (Å²) in [6.07, 6.45) is 0.540. The van der Waals surface area contributed by atoms with E-state index >= 15 is 0 Å². The van der Waals surface area contributed by atoms with Gasteiger partial charge in [-0.05, 0) is 5.56 Å². The highest BCUT2D eigenvalue weighted by atomic mass is 16.5. The summed E-state index contributed by atoms with van der Waals surface area (Å²) in [5.74, 6) is 0.285. The number of carbonyl (C=O) groups is 1. The SMILES string of the molecule is O=C(Cc1ccccc1)CN1CCOCC1. The van der Waals surface area contributed by atoms with Gasteiger partial charge in [0.05, 0.1) is 19.8 Å². The maximum absolute atomic E-state index is 11.8. The second kappa shape index (κ2) is 5.77. The Kier molecular flexibility index (Phi) is 4.08. The molecule has 0 spiro atoms. The average molecular weight is 219 g/mol. The van der Waals surface area contributed by atoms with E-state index in [1.165, 1.54) is 0 Å². The first-order chi connectivity index (χ1) is 7.84. The van der Waals surface area contributed by atoms with E-state index in [0.717, 1.165) is 31.9 Å². The summed E-state index contributed by atoms with van der Waals surface area (Å²) in [7, 11) is 0. The van der Waals surface area contributed by atoms with E-state index in [1.807, 2.05) is 30.3 Å². The van der Waals surface area contributed by atoms with Crippen LogP contribution < -0.4 is 0 Å². The number of morpholine rings is 1. The largest absolute Gasteiger partial charge is 0.379 e. The molecular formula is C13H17NO2. The highest BCUT2D eigenvalue weighted by molar-refractivity contribution is 5.82. The van der Waals surface area contributed by atoms with Gasteiger partial charge in [0.2, 0.25) is 0 Å². The lowest BCUT2D eigenvalue weighted by atomic mass is 10.1. The molecule has 3 heteroatoms. The molecule has 0 aliphatic carbocycles. The quantitative estimate of drug-likeness (QED) is 0.760. The monoisotopic (exact) mass is 219 g/mol.